The minimum Gasteiger partial charge on any atom is -0.497 e. The number of benzene rings is 3. The summed E-state index contributed by atoms with van der Waals surface area (Å²) >= 11 is 0. The van der Waals surface area contributed by atoms with Crippen LogP contribution in [0.3, 0.4) is 0 Å². The number of ether oxygens (including phenoxy) is 1. The van der Waals surface area contributed by atoms with Crippen LogP contribution >= 0.6 is 0 Å². The molecule has 0 radical (unpaired) electrons. The van der Waals surface area contributed by atoms with Crippen LogP contribution in [-0.4, -0.2) is 36.4 Å². The monoisotopic (exact) mass is 458 g/mol. The fourth-order valence-electron chi connectivity index (χ4n) is 3.87. The molecule has 1 N–H and O–H groups in total. The van der Waals surface area contributed by atoms with E-state index in [9.17, 15) is 9.59 Å². The molecule has 0 fully saturated rings. The lowest BCUT2D eigenvalue weighted by Gasteiger charge is -2.32. The number of nitrogens with zero attached hydrogens (tertiary/aromatic N) is 1. The van der Waals surface area contributed by atoms with Gasteiger partial charge in [-0.15, -0.1) is 0 Å². The molecule has 0 aliphatic heterocycles. The maximum Gasteiger partial charge on any atom is 0.243 e. The molecule has 0 bridgehead atoms. The molecule has 3 aromatic rings. The first kappa shape index (κ1) is 25.0. The zero-order valence-electron chi connectivity index (χ0n) is 20.3. The molecule has 1 atom stereocenters. The van der Waals surface area contributed by atoms with Crippen LogP contribution in [0, 0.1) is 6.92 Å². The van der Waals surface area contributed by atoms with E-state index in [2.05, 4.69) is 5.32 Å². The quantitative estimate of drug-likeness (QED) is 0.453. The number of carbonyl (C=O) groups is 2. The van der Waals surface area contributed by atoms with E-state index in [1.54, 1.807) is 12.0 Å². The third kappa shape index (κ3) is 7.20. The third-order valence-electron chi connectivity index (χ3n) is 5.78. The second-order valence-electron chi connectivity index (χ2n) is 8.53. The van der Waals surface area contributed by atoms with Crippen molar-refractivity contribution in [2.45, 2.75) is 45.7 Å². The van der Waals surface area contributed by atoms with Gasteiger partial charge >= 0.3 is 0 Å². The van der Waals surface area contributed by atoms with Crippen LogP contribution in [0.4, 0.5) is 0 Å². The number of methoxy groups -OCH3 is 1. The number of aryl methyl sites for hydroxylation is 1. The van der Waals surface area contributed by atoms with Crippen molar-refractivity contribution in [2.75, 3.05) is 13.7 Å². The van der Waals surface area contributed by atoms with Gasteiger partial charge in [0.2, 0.25) is 11.8 Å². The predicted octanol–water partition coefficient (Wildman–Crippen LogP) is 4.71. The van der Waals surface area contributed by atoms with Crippen molar-refractivity contribution in [2.24, 2.45) is 0 Å². The van der Waals surface area contributed by atoms with Gasteiger partial charge in [-0.2, -0.15) is 0 Å². The molecule has 0 spiro atoms. The van der Waals surface area contributed by atoms with Crippen LogP contribution in [0.25, 0.3) is 0 Å². The van der Waals surface area contributed by atoms with Crippen LogP contribution in [0.1, 0.15) is 35.6 Å². The van der Waals surface area contributed by atoms with Crippen molar-refractivity contribution in [3.8, 4) is 5.75 Å². The van der Waals surface area contributed by atoms with Crippen LogP contribution in [0.5, 0.6) is 5.75 Å². The van der Waals surface area contributed by atoms with E-state index >= 15 is 0 Å². The highest BCUT2D eigenvalue weighted by Gasteiger charge is 2.30. The largest absolute Gasteiger partial charge is 0.497 e. The molecule has 0 unspecified atom stereocenters. The van der Waals surface area contributed by atoms with E-state index in [-0.39, 0.29) is 18.2 Å². The van der Waals surface area contributed by atoms with Gasteiger partial charge in [-0.3, -0.25) is 9.59 Å². The summed E-state index contributed by atoms with van der Waals surface area (Å²) in [5.41, 5.74) is 4.00. The van der Waals surface area contributed by atoms with Gasteiger partial charge in [-0.05, 0) is 42.2 Å². The maximum absolute atomic E-state index is 13.7. The Balaban J connectivity index is 1.95. The number of carbonyl (C=O) groups excluding carboxylic acids is 2. The number of hydrogen-bond donors (Lipinski definition) is 1. The lowest BCUT2D eigenvalue weighted by molar-refractivity contribution is -0.140. The first-order valence-electron chi connectivity index (χ1n) is 11.8. The summed E-state index contributed by atoms with van der Waals surface area (Å²) in [6.45, 7) is 4.93. The second-order valence-corrected chi connectivity index (χ2v) is 8.53. The van der Waals surface area contributed by atoms with E-state index < -0.39 is 6.04 Å². The molecule has 0 aromatic heterocycles. The second kappa shape index (κ2) is 12.6. The van der Waals surface area contributed by atoms with E-state index in [1.807, 2.05) is 92.7 Å². The van der Waals surface area contributed by atoms with Gasteiger partial charge in [0.25, 0.3) is 0 Å². The molecule has 2 amide bonds. The van der Waals surface area contributed by atoms with Crippen molar-refractivity contribution < 1.29 is 14.3 Å². The fourth-order valence-corrected chi connectivity index (χ4v) is 3.87. The third-order valence-corrected chi connectivity index (χ3v) is 5.78. The molecule has 34 heavy (non-hydrogen) atoms. The van der Waals surface area contributed by atoms with Gasteiger partial charge in [0.1, 0.15) is 11.8 Å². The number of hydrogen-bond acceptors (Lipinski definition) is 3. The zero-order chi connectivity index (χ0) is 24.3. The first-order chi connectivity index (χ1) is 16.5. The highest BCUT2D eigenvalue weighted by Crippen LogP contribution is 2.19. The van der Waals surface area contributed by atoms with E-state index in [4.69, 9.17) is 4.74 Å². The van der Waals surface area contributed by atoms with Gasteiger partial charge in [0.05, 0.1) is 13.5 Å². The Bertz CT molecular complexity index is 1060. The van der Waals surface area contributed by atoms with Gasteiger partial charge < -0.3 is 15.0 Å². The Kier molecular flexibility index (Phi) is 9.27. The molecule has 0 aliphatic carbocycles. The molecule has 178 valence electrons. The standard InChI is InChI=1S/C29H34N2O3/c1-4-17-30-29(33)27(19-23-9-6-5-7-10-23)31(21-25-11-8-12-26(18-25)34-3)28(32)20-24-15-13-22(2)14-16-24/h5-16,18,27H,4,17,19-21H2,1-3H3,(H,30,33)/t27-/m0/s1. The van der Waals surface area contributed by atoms with Gasteiger partial charge in [-0.25, -0.2) is 0 Å². The van der Waals surface area contributed by atoms with Gasteiger partial charge in [0, 0.05) is 19.5 Å². The molecular formula is C29H34N2O3. The van der Waals surface area contributed by atoms with Crippen molar-refractivity contribution >= 4 is 11.8 Å². The Labute approximate surface area is 202 Å². The number of amides is 2. The normalized spacial score (nSPS) is 11.5. The molecule has 0 saturated heterocycles. The summed E-state index contributed by atoms with van der Waals surface area (Å²) in [6.07, 6.45) is 1.51. The predicted molar refractivity (Wildman–Crippen MR) is 136 cm³/mol. The van der Waals surface area contributed by atoms with Crippen molar-refractivity contribution in [3.05, 3.63) is 101 Å². The molecule has 5 nitrogen and oxygen atoms in total. The van der Waals surface area contributed by atoms with Gasteiger partial charge in [-0.1, -0.05) is 79.2 Å². The Morgan fingerprint density at radius 3 is 2.29 bits per heavy atom. The summed E-state index contributed by atoms with van der Waals surface area (Å²) in [6, 6.07) is 24.8. The molecule has 0 aliphatic rings. The van der Waals surface area contributed by atoms with E-state index in [0.717, 1.165) is 34.4 Å². The van der Waals surface area contributed by atoms with Crippen LogP contribution in [0.15, 0.2) is 78.9 Å². The maximum atomic E-state index is 13.7. The van der Waals surface area contributed by atoms with Crippen LogP contribution < -0.4 is 10.1 Å². The summed E-state index contributed by atoms with van der Waals surface area (Å²) < 4.78 is 5.38. The highest BCUT2D eigenvalue weighted by atomic mass is 16.5. The average Bonchev–Trinajstić information content (AvgIpc) is 2.86. The van der Waals surface area contributed by atoms with E-state index in [0.29, 0.717) is 19.5 Å². The highest BCUT2D eigenvalue weighted by molar-refractivity contribution is 5.88. The minimum atomic E-state index is -0.627. The first-order valence-corrected chi connectivity index (χ1v) is 11.8. The topological polar surface area (TPSA) is 58.6 Å². The van der Waals surface area contributed by atoms with Crippen molar-refractivity contribution in [1.82, 2.24) is 10.2 Å². The smallest absolute Gasteiger partial charge is 0.243 e. The Morgan fingerprint density at radius 1 is 0.912 bits per heavy atom. The Morgan fingerprint density at radius 2 is 1.62 bits per heavy atom. The molecule has 0 heterocycles. The van der Waals surface area contributed by atoms with Crippen molar-refractivity contribution in [3.63, 3.8) is 0 Å². The number of nitrogens with one attached hydrogen (secondary N) is 1. The molecule has 0 saturated carbocycles. The Hall–Kier alpha value is -3.60. The van der Waals surface area contributed by atoms with Crippen molar-refractivity contribution in [1.29, 1.82) is 0 Å². The summed E-state index contributed by atoms with van der Waals surface area (Å²) in [5, 5.41) is 3.01. The van der Waals surface area contributed by atoms with E-state index in [1.165, 1.54) is 0 Å². The SMILES string of the molecule is CCCNC(=O)[C@H](Cc1ccccc1)N(Cc1cccc(OC)c1)C(=O)Cc1ccc(C)cc1. The molecular weight excluding hydrogens is 424 g/mol. The van der Waals surface area contributed by atoms with Crippen LogP contribution in [-0.2, 0) is 29.0 Å². The molecule has 3 rings (SSSR count). The minimum absolute atomic E-state index is 0.0840. The summed E-state index contributed by atoms with van der Waals surface area (Å²) in [5.74, 6) is 0.503. The van der Waals surface area contributed by atoms with Gasteiger partial charge in [0.15, 0.2) is 0 Å². The number of rotatable bonds is 11. The summed E-state index contributed by atoms with van der Waals surface area (Å²) in [7, 11) is 1.62. The fraction of sp³-hybridized carbons (Fsp3) is 0.310. The summed E-state index contributed by atoms with van der Waals surface area (Å²) in [4.78, 5) is 28.7. The van der Waals surface area contributed by atoms with Crippen LogP contribution in [0.2, 0.25) is 0 Å². The average molecular weight is 459 g/mol. The lowest BCUT2D eigenvalue weighted by atomic mass is 10.0. The molecule has 5 heteroatoms. The zero-order valence-corrected chi connectivity index (χ0v) is 20.3. The molecule has 3 aromatic carbocycles. The lowest BCUT2D eigenvalue weighted by Crippen LogP contribution is -2.51.